The molecule has 0 amide bonds. The summed E-state index contributed by atoms with van der Waals surface area (Å²) in [6.07, 6.45) is 2.45. The Labute approximate surface area is 89.2 Å². The summed E-state index contributed by atoms with van der Waals surface area (Å²) in [7, 11) is 0. The first-order valence-electron chi connectivity index (χ1n) is 5.35. The molecule has 1 aliphatic rings. The Kier molecular flexibility index (Phi) is 2.91. The molecule has 0 aliphatic heterocycles. The van der Waals surface area contributed by atoms with E-state index in [1.165, 1.54) is 18.9 Å². The van der Waals surface area contributed by atoms with E-state index in [0.29, 0.717) is 23.8 Å². The van der Waals surface area contributed by atoms with Gasteiger partial charge < -0.3 is 10.5 Å². The lowest BCUT2D eigenvalue weighted by atomic mass is 10.1. The van der Waals surface area contributed by atoms with Crippen LogP contribution in [0.25, 0.3) is 0 Å². The summed E-state index contributed by atoms with van der Waals surface area (Å²) in [5.74, 6) is 0.976. The van der Waals surface area contributed by atoms with Gasteiger partial charge in [-0.15, -0.1) is 0 Å². The highest BCUT2D eigenvalue weighted by molar-refractivity contribution is 5.36. The SMILES string of the molecule is C[C@@H](N)c1c(F)cccc1OCC1CC1. The van der Waals surface area contributed by atoms with Crippen molar-refractivity contribution in [2.45, 2.75) is 25.8 Å². The minimum absolute atomic E-state index is 0.279. The Morgan fingerprint density at radius 3 is 2.87 bits per heavy atom. The Bertz CT molecular complexity index is 347. The third kappa shape index (κ3) is 2.48. The van der Waals surface area contributed by atoms with Gasteiger partial charge in [0.2, 0.25) is 0 Å². The van der Waals surface area contributed by atoms with Crippen LogP contribution < -0.4 is 10.5 Å². The topological polar surface area (TPSA) is 35.2 Å². The first kappa shape index (κ1) is 10.4. The molecule has 82 valence electrons. The van der Waals surface area contributed by atoms with E-state index in [9.17, 15) is 4.39 Å². The molecule has 0 saturated heterocycles. The molecular weight excluding hydrogens is 193 g/mol. The van der Waals surface area contributed by atoms with Crippen molar-refractivity contribution in [1.82, 2.24) is 0 Å². The van der Waals surface area contributed by atoms with E-state index in [4.69, 9.17) is 10.5 Å². The Balaban J connectivity index is 2.15. The van der Waals surface area contributed by atoms with Crippen LogP contribution in [-0.4, -0.2) is 6.61 Å². The van der Waals surface area contributed by atoms with Crippen LogP contribution in [0.1, 0.15) is 31.4 Å². The monoisotopic (exact) mass is 209 g/mol. The van der Waals surface area contributed by atoms with Crippen LogP contribution >= 0.6 is 0 Å². The van der Waals surface area contributed by atoms with Gasteiger partial charge in [0.05, 0.1) is 6.61 Å². The zero-order chi connectivity index (χ0) is 10.8. The van der Waals surface area contributed by atoms with Gasteiger partial charge in [-0.2, -0.15) is 0 Å². The largest absolute Gasteiger partial charge is 0.493 e. The minimum atomic E-state index is -0.333. The molecule has 0 spiro atoms. The first-order chi connectivity index (χ1) is 7.18. The van der Waals surface area contributed by atoms with Gasteiger partial charge in [-0.05, 0) is 37.8 Å². The smallest absolute Gasteiger partial charge is 0.131 e. The maximum atomic E-state index is 13.5. The molecule has 1 fully saturated rings. The molecule has 1 aromatic rings. The molecule has 0 radical (unpaired) electrons. The summed E-state index contributed by atoms with van der Waals surface area (Å²) >= 11 is 0. The lowest BCUT2D eigenvalue weighted by Gasteiger charge is -2.14. The van der Waals surface area contributed by atoms with Crippen molar-refractivity contribution in [3.05, 3.63) is 29.6 Å². The molecule has 1 aromatic carbocycles. The second kappa shape index (κ2) is 4.19. The predicted molar refractivity (Wildman–Crippen MR) is 57.2 cm³/mol. The number of hydrogen-bond acceptors (Lipinski definition) is 2. The average molecular weight is 209 g/mol. The van der Waals surface area contributed by atoms with E-state index in [-0.39, 0.29) is 11.9 Å². The fourth-order valence-electron chi connectivity index (χ4n) is 1.58. The minimum Gasteiger partial charge on any atom is -0.493 e. The molecule has 2 N–H and O–H groups in total. The maximum absolute atomic E-state index is 13.5. The highest BCUT2D eigenvalue weighted by Crippen LogP contribution is 2.32. The Hall–Kier alpha value is -1.09. The van der Waals surface area contributed by atoms with Gasteiger partial charge in [0.25, 0.3) is 0 Å². The quantitative estimate of drug-likeness (QED) is 0.827. The number of halogens is 1. The van der Waals surface area contributed by atoms with Crippen molar-refractivity contribution in [1.29, 1.82) is 0 Å². The zero-order valence-electron chi connectivity index (χ0n) is 8.87. The van der Waals surface area contributed by atoms with Crippen LogP contribution in [0, 0.1) is 11.7 Å². The van der Waals surface area contributed by atoms with E-state index in [2.05, 4.69) is 0 Å². The van der Waals surface area contributed by atoms with Crippen molar-refractivity contribution >= 4 is 0 Å². The summed E-state index contributed by atoms with van der Waals surface area (Å²) in [4.78, 5) is 0. The Morgan fingerprint density at radius 2 is 2.27 bits per heavy atom. The van der Waals surface area contributed by atoms with Crippen LogP contribution in [-0.2, 0) is 0 Å². The highest BCUT2D eigenvalue weighted by Gasteiger charge is 2.23. The number of nitrogens with two attached hydrogens (primary N) is 1. The number of rotatable bonds is 4. The zero-order valence-corrected chi connectivity index (χ0v) is 8.87. The average Bonchev–Trinajstić information content (AvgIpc) is 2.97. The van der Waals surface area contributed by atoms with E-state index >= 15 is 0 Å². The molecule has 0 unspecified atom stereocenters. The summed E-state index contributed by atoms with van der Waals surface area (Å²) in [6.45, 7) is 2.45. The van der Waals surface area contributed by atoms with E-state index in [1.54, 1.807) is 19.1 Å². The van der Waals surface area contributed by atoms with E-state index in [1.807, 2.05) is 0 Å². The molecule has 1 aliphatic carbocycles. The molecule has 0 bridgehead atoms. The Morgan fingerprint density at radius 1 is 1.53 bits per heavy atom. The van der Waals surface area contributed by atoms with Gasteiger partial charge >= 0.3 is 0 Å². The maximum Gasteiger partial charge on any atom is 0.131 e. The second-order valence-corrected chi connectivity index (χ2v) is 4.19. The van der Waals surface area contributed by atoms with Crippen LogP contribution in [0.4, 0.5) is 4.39 Å². The van der Waals surface area contributed by atoms with Crippen molar-refractivity contribution in [2.75, 3.05) is 6.61 Å². The van der Waals surface area contributed by atoms with Crippen molar-refractivity contribution in [3.8, 4) is 5.75 Å². The standard InChI is InChI=1S/C12H16FNO/c1-8(14)12-10(13)3-2-4-11(12)15-7-9-5-6-9/h2-4,8-9H,5-7,14H2,1H3/t8-/m1/s1. The van der Waals surface area contributed by atoms with Gasteiger partial charge in [-0.25, -0.2) is 4.39 Å². The van der Waals surface area contributed by atoms with Crippen LogP contribution in [0.2, 0.25) is 0 Å². The lowest BCUT2D eigenvalue weighted by Crippen LogP contribution is -2.11. The molecule has 2 rings (SSSR count). The fraction of sp³-hybridized carbons (Fsp3) is 0.500. The van der Waals surface area contributed by atoms with Crippen molar-refractivity contribution < 1.29 is 9.13 Å². The van der Waals surface area contributed by atoms with Gasteiger partial charge in [0.1, 0.15) is 11.6 Å². The third-order valence-electron chi connectivity index (χ3n) is 2.64. The van der Waals surface area contributed by atoms with E-state index < -0.39 is 0 Å². The number of benzene rings is 1. The summed E-state index contributed by atoms with van der Waals surface area (Å²) < 4.78 is 19.1. The van der Waals surface area contributed by atoms with E-state index in [0.717, 1.165) is 0 Å². The number of hydrogen-bond donors (Lipinski definition) is 1. The molecule has 15 heavy (non-hydrogen) atoms. The second-order valence-electron chi connectivity index (χ2n) is 4.19. The van der Waals surface area contributed by atoms with Crippen molar-refractivity contribution in [3.63, 3.8) is 0 Å². The summed E-state index contributed by atoms with van der Waals surface area (Å²) in [5.41, 5.74) is 6.20. The first-order valence-corrected chi connectivity index (χ1v) is 5.35. The molecule has 1 saturated carbocycles. The van der Waals surface area contributed by atoms with Gasteiger partial charge in [-0.3, -0.25) is 0 Å². The normalized spacial score (nSPS) is 17.5. The molecule has 2 nitrogen and oxygen atoms in total. The van der Waals surface area contributed by atoms with Crippen LogP contribution in [0.5, 0.6) is 5.75 Å². The molecule has 1 atom stereocenters. The van der Waals surface area contributed by atoms with Gasteiger partial charge in [0.15, 0.2) is 0 Å². The summed E-state index contributed by atoms with van der Waals surface area (Å²) in [6, 6.07) is 4.52. The third-order valence-corrected chi connectivity index (χ3v) is 2.64. The van der Waals surface area contributed by atoms with Gasteiger partial charge in [-0.1, -0.05) is 6.07 Å². The highest BCUT2D eigenvalue weighted by atomic mass is 19.1. The summed E-state index contributed by atoms with van der Waals surface area (Å²) in [5, 5.41) is 0. The molecule has 3 heteroatoms. The van der Waals surface area contributed by atoms with Crippen LogP contribution in [0.15, 0.2) is 18.2 Å². The predicted octanol–water partition coefficient (Wildman–Crippen LogP) is 2.63. The molecular formula is C12H16FNO. The number of ether oxygens (including phenoxy) is 1. The molecule has 0 aromatic heterocycles. The van der Waals surface area contributed by atoms with Crippen molar-refractivity contribution in [2.24, 2.45) is 11.7 Å². The fourth-order valence-corrected chi connectivity index (χ4v) is 1.58. The van der Waals surface area contributed by atoms with Crippen LogP contribution in [0.3, 0.4) is 0 Å². The lowest BCUT2D eigenvalue weighted by molar-refractivity contribution is 0.293. The molecule has 0 heterocycles. The van der Waals surface area contributed by atoms with Gasteiger partial charge in [0, 0.05) is 11.6 Å².